The number of rotatable bonds is 15. The molecule has 6 heterocycles. The van der Waals surface area contributed by atoms with Gasteiger partial charge in [-0.15, -0.1) is 0 Å². The summed E-state index contributed by atoms with van der Waals surface area (Å²) in [5, 5.41) is -0.927. The molecule has 0 aliphatic carbocycles. The van der Waals surface area contributed by atoms with Crippen LogP contribution in [-0.4, -0.2) is 161 Å². The number of anilines is 3. The average Bonchev–Trinajstić information content (AvgIpc) is 1.61. The second-order valence-electron chi connectivity index (χ2n) is 20.0. The second-order valence-corrected chi connectivity index (χ2v) is 26.8. The molecule has 36 heteroatoms. The molecule has 0 bridgehead atoms. The minimum absolute atomic E-state index is 0.0156. The van der Waals surface area contributed by atoms with Crippen LogP contribution >= 0.6 is 0 Å². The predicted octanol–water partition coefficient (Wildman–Crippen LogP) is 5.12. The van der Waals surface area contributed by atoms with Crippen molar-refractivity contribution in [2.45, 2.75) is 76.6 Å². The second kappa shape index (κ2) is 26.9. The van der Waals surface area contributed by atoms with Crippen LogP contribution < -0.4 is 34.3 Å². The summed E-state index contributed by atoms with van der Waals surface area (Å²) in [6, 6.07) is 14.6. The molecule has 9 N–H and O–H groups in total. The van der Waals surface area contributed by atoms with Crippen molar-refractivity contribution in [1.29, 1.82) is 14.3 Å². The molecule has 30 nitrogen and oxygen atoms in total. The Morgan fingerprint density at radius 2 is 0.633 bits per heavy atom. The number of amides is 3. The number of nitrogen functional groups attached to an aromatic ring is 3. The van der Waals surface area contributed by atoms with Crippen LogP contribution in [0.4, 0.5) is 45.0 Å². The Labute approximate surface area is 512 Å². The number of carbonyl (C=O) groups excluding carboxylic acids is 3. The van der Waals surface area contributed by atoms with Crippen LogP contribution in [0, 0.1) is 31.8 Å². The molecule has 0 fully saturated rings. The molecule has 3 amide bonds. The van der Waals surface area contributed by atoms with Crippen LogP contribution in [0.2, 0.25) is 0 Å². The molecule has 0 aliphatic rings. The number of fused-ring (bicyclic) bond motifs is 3. The van der Waals surface area contributed by atoms with Crippen molar-refractivity contribution in [3.8, 4) is 0 Å². The summed E-state index contributed by atoms with van der Waals surface area (Å²) in [5.41, 5.74) is 17.6. The number of hydrogen-bond donors (Lipinski definition) is 6. The van der Waals surface area contributed by atoms with Crippen LogP contribution in [-0.2, 0) is 48.8 Å². The van der Waals surface area contributed by atoms with Gasteiger partial charge in [0.15, 0.2) is 34.4 Å². The van der Waals surface area contributed by atoms with Crippen LogP contribution in [0.25, 0.3) is 33.5 Å². The Morgan fingerprint density at radius 3 is 0.822 bits per heavy atom. The molecule has 9 rings (SSSR count). The molecule has 3 atom stereocenters. The highest BCUT2D eigenvalue weighted by molar-refractivity contribution is 7.92. The summed E-state index contributed by atoms with van der Waals surface area (Å²) in [7, 11) is -5.40. The van der Waals surface area contributed by atoms with E-state index in [0.29, 0.717) is 36.3 Å². The zero-order chi connectivity index (χ0) is 66.6. The lowest BCUT2D eigenvalue weighted by Gasteiger charge is -2.14. The van der Waals surface area contributed by atoms with Gasteiger partial charge >= 0.3 is 35.2 Å². The highest BCUT2D eigenvalue weighted by Crippen LogP contribution is 2.25. The number of aromatic nitrogens is 12. The first kappa shape index (κ1) is 67.7. The van der Waals surface area contributed by atoms with Gasteiger partial charge in [-0.05, 0) is 73.9 Å². The summed E-state index contributed by atoms with van der Waals surface area (Å²) in [6.45, 7) is 10.8. The van der Waals surface area contributed by atoms with E-state index in [2.05, 4.69) is 29.9 Å². The third-order valence-corrected chi connectivity index (χ3v) is 18.9. The molecule has 6 aromatic heterocycles. The normalized spacial score (nSPS) is 13.3. The van der Waals surface area contributed by atoms with E-state index >= 15 is 0 Å². The summed E-state index contributed by atoms with van der Waals surface area (Å²) in [6.07, 6.45) is 0. The maximum Gasteiger partial charge on any atom is 0.339 e. The molecule has 0 saturated heterocycles. The van der Waals surface area contributed by atoms with E-state index in [9.17, 15) is 54.6 Å². The lowest BCUT2D eigenvalue weighted by Crippen LogP contribution is -2.38. The lowest BCUT2D eigenvalue weighted by atomic mass is 10.2. The summed E-state index contributed by atoms with van der Waals surface area (Å²) >= 11 is 0. The van der Waals surface area contributed by atoms with Crippen molar-refractivity contribution >= 4 is 98.2 Å². The van der Waals surface area contributed by atoms with Crippen LogP contribution in [0.5, 0.6) is 0 Å². The van der Waals surface area contributed by atoms with Gasteiger partial charge in [0.2, 0.25) is 15.5 Å². The molecular formula is C54H66F3N21O9S3. The number of nitrogens with zero attached hydrogens (tertiary/aromatic N) is 15. The number of nitrogens with two attached hydrogens (primary N) is 3. The van der Waals surface area contributed by atoms with E-state index in [1.54, 1.807) is 41.5 Å². The van der Waals surface area contributed by atoms with E-state index in [4.69, 9.17) is 31.5 Å². The highest BCUT2D eigenvalue weighted by Gasteiger charge is 2.31. The van der Waals surface area contributed by atoms with Gasteiger partial charge in [0.1, 0.15) is 63.2 Å². The van der Waals surface area contributed by atoms with Crippen LogP contribution in [0.1, 0.15) is 58.2 Å². The Balaban J connectivity index is 0.000000192. The molecule has 9 aromatic rings. The van der Waals surface area contributed by atoms with E-state index in [1.807, 2.05) is 0 Å². The summed E-state index contributed by atoms with van der Waals surface area (Å²) in [4.78, 5) is 106. The van der Waals surface area contributed by atoms with Crippen LogP contribution in [0.15, 0.2) is 103 Å². The quantitative estimate of drug-likeness (QED) is 0.0725. The Kier molecular flexibility index (Phi) is 20.2. The largest absolute Gasteiger partial charge is 0.382 e. The first-order valence-corrected chi connectivity index (χ1v) is 32.6. The molecule has 480 valence electrons. The van der Waals surface area contributed by atoms with E-state index in [1.165, 1.54) is 122 Å². The highest BCUT2D eigenvalue weighted by atomic mass is 32.2. The first-order valence-electron chi connectivity index (χ1n) is 27.5. The molecule has 0 spiro atoms. The molecule has 0 radical (unpaired) electrons. The fourth-order valence-electron chi connectivity index (χ4n) is 8.47. The minimum atomic E-state index is -3.32. The number of halogens is 3. The lowest BCUT2D eigenvalue weighted by molar-refractivity contribution is 0.212. The zero-order valence-corrected chi connectivity index (χ0v) is 52.7. The number of benzene rings is 3. The fourth-order valence-corrected chi connectivity index (χ4v) is 10.7. The van der Waals surface area contributed by atoms with Crippen molar-refractivity contribution in [3.05, 3.63) is 138 Å². The van der Waals surface area contributed by atoms with Crippen molar-refractivity contribution < 1.29 is 40.2 Å². The van der Waals surface area contributed by atoms with Gasteiger partial charge in [-0.2, -0.15) is 15.0 Å². The van der Waals surface area contributed by atoms with Gasteiger partial charge in [0.25, 0.3) is 0 Å². The van der Waals surface area contributed by atoms with Crippen molar-refractivity contribution in [2.24, 2.45) is 0 Å². The smallest absolute Gasteiger partial charge is 0.339 e. The van der Waals surface area contributed by atoms with E-state index < -0.39 is 81.8 Å². The van der Waals surface area contributed by atoms with E-state index in [-0.39, 0.29) is 103 Å². The molecular weight excluding hydrogens is 1240 g/mol. The third kappa shape index (κ3) is 13.6. The van der Waals surface area contributed by atoms with Gasteiger partial charge in [-0.3, -0.25) is 13.7 Å². The maximum atomic E-state index is 13.3. The van der Waals surface area contributed by atoms with Crippen molar-refractivity contribution in [2.75, 3.05) is 75.2 Å². The van der Waals surface area contributed by atoms with Gasteiger partial charge in [0.05, 0.1) is 19.6 Å². The Bertz CT molecular complexity index is 4320. The maximum absolute atomic E-state index is 13.3. The number of hydrogen-bond acceptors (Lipinski definition) is 21. The zero-order valence-electron chi connectivity index (χ0n) is 50.3. The summed E-state index contributed by atoms with van der Waals surface area (Å²) < 4.78 is 107. The molecule has 0 saturated carbocycles. The van der Waals surface area contributed by atoms with Crippen LogP contribution in [0.3, 0.4) is 0 Å². The standard InChI is InChI=1S/3C18H22FN7O3S/c3*1-4-24(3)17(27)26-13-14(20)22-16(30(21,29)5-2)23-15(13)25(18(26)28)10-11-6-8-12(19)9-7-11/h3*6-9,21H,4-5,10H2,1-3H3,(H2,20,22,23)/t2*30-;/m10./s1. The monoisotopic (exact) mass is 1310 g/mol. The Morgan fingerprint density at radius 1 is 0.422 bits per heavy atom. The topological polar surface area (TPSA) is 420 Å². The molecule has 3 aromatic carbocycles. The number of imidazole rings is 3. The average molecular weight is 1310 g/mol. The van der Waals surface area contributed by atoms with Crippen molar-refractivity contribution in [3.63, 3.8) is 0 Å². The minimum Gasteiger partial charge on any atom is -0.382 e. The van der Waals surface area contributed by atoms with Gasteiger partial charge in [-0.25, -0.2) is 97.6 Å². The van der Waals surface area contributed by atoms with Gasteiger partial charge in [-0.1, -0.05) is 57.2 Å². The van der Waals surface area contributed by atoms with E-state index in [0.717, 1.165) is 13.7 Å². The number of carbonyl (C=O) groups is 3. The SMILES string of the molecule is CCN(C)C(=O)n1c(=O)n(Cc2ccc(F)cc2)c2nc(S(=N)(=O)CC)nc(N)c21.CCN(C)C(=O)n1c(=O)n(Cc2ccc(F)cc2)c2nc([S@@](=N)(=O)CC)nc(N)c21.CCN(C)C(=O)n1c(=O)n(Cc2ccc(F)cc2)c2nc([S@](=N)(=O)CC)nc(N)c21. The number of nitrogens with one attached hydrogen (secondary N) is 3. The summed E-state index contributed by atoms with van der Waals surface area (Å²) in [5.74, 6) is -2.10. The molecule has 90 heavy (non-hydrogen) atoms. The molecule has 0 aliphatic heterocycles. The van der Waals surface area contributed by atoms with Gasteiger partial charge in [0, 0.05) is 58.0 Å². The van der Waals surface area contributed by atoms with Crippen molar-refractivity contribution in [1.82, 2.24) is 72.0 Å². The first-order chi connectivity index (χ1) is 42.3. The third-order valence-electron chi connectivity index (χ3n) is 14.2. The predicted molar refractivity (Wildman–Crippen MR) is 331 cm³/mol. The van der Waals surface area contributed by atoms with Gasteiger partial charge < -0.3 is 31.9 Å². The fraction of sp³-hybridized carbons (Fsp3) is 0.333. The molecule has 1 unspecified atom stereocenters. The Hall–Kier alpha value is -9.84.